The lowest BCUT2D eigenvalue weighted by atomic mass is 9.97. The second-order valence-corrected chi connectivity index (χ2v) is 10.8. The van der Waals surface area contributed by atoms with Crippen molar-refractivity contribution in [3.05, 3.63) is 21.8 Å². The molecule has 34 heavy (non-hydrogen) atoms. The smallest absolute Gasteiger partial charge is 0.410 e. The van der Waals surface area contributed by atoms with Gasteiger partial charge in [-0.15, -0.1) is 0 Å². The van der Waals surface area contributed by atoms with Crippen LogP contribution in [0.1, 0.15) is 84.5 Å². The molecule has 2 aliphatic heterocycles. The number of hydrogen-bond donors (Lipinski definition) is 0. The molecule has 1 saturated heterocycles. The number of hydrogen-bond acceptors (Lipinski definition) is 5. The Bertz CT molecular complexity index is 709. The minimum atomic E-state index is -0.284. The summed E-state index contributed by atoms with van der Waals surface area (Å²) in [6.07, 6.45) is 15.3. The summed E-state index contributed by atoms with van der Waals surface area (Å²) in [7, 11) is 0. The minimum Gasteiger partial charge on any atom is -0.457 e. The van der Waals surface area contributed by atoms with Crippen molar-refractivity contribution >= 4 is 34.7 Å². The second kappa shape index (κ2) is 14.5. The third-order valence-electron chi connectivity index (χ3n) is 7.52. The molecule has 192 valence electrons. The highest BCUT2D eigenvalue weighted by molar-refractivity contribution is 14.1. The standard InChI is InChI=1S/C27H43IN2O4/c1-21-14-15-24(12-8-5-9-13-25(31)34-26(21)22(2)20-28)33-27(32)30-18-16-29(17-19-30)23-10-6-3-4-7-11-23/h14-15,20-21,23-24,26H,3-13,16-19H2,1-2H3/b15-14+,22-20+/t21-,24+,26-/m0/s1. The Morgan fingerprint density at radius 3 is 2.32 bits per heavy atom. The van der Waals surface area contributed by atoms with Crippen molar-refractivity contribution in [3.8, 4) is 0 Å². The molecule has 0 N–H and O–H groups in total. The molecule has 1 amide bonds. The lowest BCUT2D eigenvalue weighted by Gasteiger charge is -2.39. The maximum absolute atomic E-state index is 13.0. The van der Waals surface area contributed by atoms with Crippen molar-refractivity contribution < 1.29 is 19.1 Å². The van der Waals surface area contributed by atoms with Gasteiger partial charge in [-0.1, -0.05) is 67.7 Å². The Morgan fingerprint density at radius 2 is 1.65 bits per heavy atom. The molecule has 1 aliphatic carbocycles. The molecular formula is C27H43IN2O4. The summed E-state index contributed by atoms with van der Waals surface area (Å²) in [4.78, 5) is 29.7. The van der Waals surface area contributed by atoms with Gasteiger partial charge >= 0.3 is 12.1 Å². The zero-order valence-corrected chi connectivity index (χ0v) is 23.2. The Labute approximate surface area is 219 Å². The highest BCUT2D eigenvalue weighted by Gasteiger charge is 2.28. The van der Waals surface area contributed by atoms with Gasteiger partial charge in [-0.3, -0.25) is 9.69 Å². The van der Waals surface area contributed by atoms with Crippen LogP contribution >= 0.6 is 22.6 Å². The summed E-state index contributed by atoms with van der Waals surface area (Å²) in [5, 5.41) is 0. The summed E-state index contributed by atoms with van der Waals surface area (Å²) >= 11 is 2.19. The zero-order chi connectivity index (χ0) is 24.3. The molecular weight excluding hydrogens is 543 g/mol. The van der Waals surface area contributed by atoms with Crippen molar-refractivity contribution in [2.24, 2.45) is 5.92 Å². The van der Waals surface area contributed by atoms with Crippen LogP contribution in [0.2, 0.25) is 0 Å². The lowest BCUT2D eigenvalue weighted by Crippen LogP contribution is -2.52. The van der Waals surface area contributed by atoms with Crippen molar-refractivity contribution in [1.29, 1.82) is 0 Å². The molecule has 0 unspecified atom stereocenters. The van der Waals surface area contributed by atoms with Gasteiger partial charge in [0.1, 0.15) is 12.2 Å². The van der Waals surface area contributed by atoms with Crippen LogP contribution in [-0.2, 0) is 14.3 Å². The van der Waals surface area contributed by atoms with Crippen molar-refractivity contribution in [2.45, 2.75) is 103 Å². The van der Waals surface area contributed by atoms with Crippen LogP contribution in [0.25, 0.3) is 0 Å². The normalized spacial score (nSPS) is 30.4. The minimum absolute atomic E-state index is 0.0127. The fraction of sp³-hybridized carbons (Fsp3) is 0.778. The van der Waals surface area contributed by atoms with Crippen LogP contribution in [0.4, 0.5) is 4.79 Å². The molecule has 3 aliphatic rings. The largest absolute Gasteiger partial charge is 0.457 e. The highest BCUT2D eigenvalue weighted by atomic mass is 127. The van der Waals surface area contributed by atoms with Crippen LogP contribution in [0, 0.1) is 5.92 Å². The molecule has 3 atom stereocenters. The van der Waals surface area contributed by atoms with Crippen molar-refractivity contribution in [3.63, 3.8) is 0 Å². The topological polar surface area (TPSA) is 59.1 Å². The number of ether oxygens (including phenoxy) is 2. The van der Waals surface area contributed by atoms with E-state index in [2.05, 4.69) is 34.4 Å². The quantitative estimate of drug-likeness (QED) is 0.170. The number of halogens is 1. The SMILES string of the molecule is C/C(=C\I)[C@H]1OC(=O)CCCCC[C@@H](OC(=O)N2CCN(C3CCCCCC3)CC2)/C=C/[C@@H]1C. The van der Waals surface area contributed by atoms with Gasteiger partial charge in [0, 0.05) is 44.6 Å². The Kier molecular flexibility index (Phi) is 11.7. The first kappa shape index (κ1) is 27.5. The summed E-state index contributed by atoms with van der Waals surface area (Å²) < 4.78 is 13.7. The number of esters is 1. The predicted octanol–water partition coefficient (Wildman–Crippen LogP) is 6.24. The number of nitrogens with zero attached hydrogens (tertiary/aromatic N) is 2. The predicted molar refractivity (Wildman–Crippen MR) is 144 cm³/mol. The summed E-state index contributed by atoms with van der Waals surface area (Å²) in [5.74, 6) is -0.117. The molecule has 0 radical (unpaired) electrons. The molecule has 1 saturated carbocycles. The van der Waals surface area contributed by atoms with Gasteiger partial charge in [0.05, 0.1) is 0 Å². The summed E-state index contributed by atoms with van der Waals surface area (Å²) in [6, 6.07) is 0.693. The van der Waals surface area contributed by atoms with Gasteiger partial charge in [0.25, 0.3) is 0 Å². The van der Waals surface area contributed by atoms with E-state index in [4.69, 9.17) is 9.47 Å². The van der Waals surface area contributed by atoms with E-state index in [9.17, 15) is 9.59 Å². The molecule has 0 spiro atoms. The first-order valence-corrected chi connectivity index (χ1v) is 14.6. The average molecular weight is 587 g/mol. The Morgan fingerprint density at radius 1 is 1.00 bits per heavy atom. The first-order valence-electron chi connectivity index (χ1n) is 13.3. The van der Waals surface area contributed by atoms with Crippen LogP contribution in [-0.4, -0.2) is 66.3 Å². The zero-order valence-electron chi connectivity index (χ0n) is 21.1. The van der Waals surface area contributed by atoms with Gasteiger partial charge < -0.3 is 14.4 Å². The second-order valence-electron chi connectivity index (χ2n) is 10.2. The van der Waals surface area contributed by atoms with Gasteiger partial charge in [0.15, 0.2) is 0 Å². The van der Waals surface area contributed by atoms with E-state index in [1.165, 1.54) is 38.5 Å². The molecule has 0 aromatic rings. The molecule has 0 aromatic heterocycles. The van der Waals surface area contributed by atoms with E-state index in [0.717, 1.165) is 57.4 Å². The van der Waals surface area contributed by atoms with Gasteiger partial charge in [-0.25, -0.2) is 4.79 Å². The first-order chi connectivity index (χ1) is 16.5. The van der Waals surface area contributed by atoms with E-state index in [0.29, 0.717) is 12.5 Å². The summed E-state index contributed by atoms with van der Waals surface area (Å²) in [5.41, 5.74) is 1.03. The molecule has 7 heteroatoms. The number of carbonyl (C=O) groups is 2. The number of amides is 1. The molecule has 2 heterocycles. The van der Waals surface area contributed by atoms with Crippen LogP contribution < -0.4 is 0 Å². The number of rotatable bonds is 3. The van der Waals surface area contributed by atoms with E-state index < -0.39 is 0 Å². The van der Waals surface area contributed by atoms with Crippen LogP contribution in [0.15, 0.2) is 21.8 Å². The molecule has 6 nitrogen and oxygen atoms in total. The van der Waals surface area contributed by atoms with Crippen LogP contribution in [0.3, 0.4) is 0 Å². The maximum atomic E-state index is 13.0. The van der Waals surface area contributed by atoms with E-state index in [1.54, 1.807) is 0 Å². The van der Waals surface area contributed by atoms with E-state index in [-0.39, 0.29) is 30.2 Å². The molecule has 0 bridgehead atoms. The average Bonchev–Trinajstić information content (AvgIpc) is 3.13. The lowest BCUT2D eigenvalue weighted by molar-refractivity contribution is -0.148. The third kappa shape index (κ3) is 8.54. The fourth-order valence-corrected chi connectivity index (χ4v) is 5.71. The third-order valence-corrected chi connectivity index (χ3v) is 8.50. The molecule has 3 rings (SSSR count). The molecule has 2 fully saturated rings. The van der Waals surface area contributed by atoms with Gasteiger partial charge in [-0.2, -0.15) is 0 Å². The van der Waals surface area contributed by atoms with Gasteiger partial charge in [0.2, 0.25) is 0 Å². The van der Waals surface area contributed by atoms with E-state index >= 15 is 0 Å². The monoisotopic (exact) mass is 586 g/mol. The van der Waals surface area contributed by atoms with E-state index in [1.807, 2.05) is 28.1 Å². The number of piperazine rings is 1. The van der Waals surface area contributed by atoms with Crippen LogP contribution in [0.5, 0.6) is 0 Å². The Balaban J connectivity index is 1.56. The number of carbonyl (C=O) groups excluding carboxylic acids is 2. The van der Waals surface area contributed by atoms with Crippen molar-refractivity contribution in [1.82, 2.24) is 9.80 Å². The summed E-state index contributed by atoms with van der Waals surface area (Å²) in [6.45, 7) is 7.44. The van der Waals surface area contributed by atoms with Gasteiger partial charge in [-0.05, 0) is 54.8 Å². The van der Waals surface area contributed by atoms with Crippen molar-refractivity contribution in [2.75, 3.05) is 26.2 Å². The maximum Gasteiger partial charge on any atom is 0.410 e. The molecule has 0 aromatic carbocycles. The Hall–Kier alpha value is -1.09. The fourth-order valence-electron chi connectivity index (χ4n) is 5.36. The number of cyclic esters (lactones) is 1. The highest BCUT2D eigenvalue weighted by Crippen LogP contribution is 2.25.